The van der Waals surface area contributed by atoms with Crippen molar-refractivity contribution in [3.05, 3.63) is 71.8 Å². The van der Waals surface area contributed by atoms with Crippen molar-refractivity contribution in [2.75, 3.05) is 6.61 Å². The Morgan fingerprint density at radius 1 is 0.964 bits per heavy atom. The van der Waals surface area contributed by atoms with Gasteiger partial charge < -0.3 is 14.8 Å². The van der Waals surface area contributed by atoms with Crippen molar-refractivity contribution < 1.29 is 23.9 Å². The third-order valence-corrected chi connectivity index (χ3v) is 4.38. The van der Waals surface area contributed by atoms with E-state index in [1.54, 1.807) is 0 Å². The van der Waals surface area contributed by atoms with E-state index in [0.717, 1.165) is 11.1 Å². The molecule has 28 heavy (non-hydrogen) atoms. The fourth-order valence-corrected chi connectivity index (χ4v) is 2.87. The van der Waals surface area contributed by atoms with E-state index in [-0.39, 0.29) is 25.1 Å². The van der Waals surface area contributed by atoms with Crippen LogP contribution < -0.4 is 10.8 Å². The Labute approximate surface area is 163 Å². The maximum Gasteiger partial charge on any atom is 0.408 e. The van der Waals surface area contributed by atoms with Crippen LogP contribution in [0.4, 0.5) is 4.79 Å². The second-order valence-electron chi connectivity index (χ2n) is 6.54. The van der Waals surface area contributed by atoms with Gasteiger partial charge in [-0.1, -0.05) is 60.7 Å². The number of carbonyl (C=O) groups excluding carboxylic acids is 2. The van der Waals surface area contributed by atoms with Crippen LogP contribution in [-0.2, 0) is 32.3 Å². The van der Waals surface area contributed by atoms with Gasteiger partial charge in [0, 0.05) is 0 Å². The first-order chi connectivity index (χ1) is 13.7. The lowest BCUT2D eigenvalue weighted by molar-refractivity contribution is -0.150. The van der Waals surface area contributed by atoms with Gasteiger partial charge in [-0.3, -0.25) is 9.63 Å². The minimum atomic E-state index is -0.580. The average molecular weight is 384 g/mol. The Morgan fingerprint density at radius 2 is 1.57 bits per heavy atom. The third kappa shape index (κ3) is 6.37. The largest absolute Gasteiger partial charge is 0.461 e. The van der Waals surface area contributed by atoms with Crippen LogP contribution in [0.15, 0.2) is 60.7 Å². The number of ether oxygens (including phenoxy) is 2. The monoisotopic (exact) mass is 384 g/mol. The lowest BCUT2D eigenvalue weighted by Gasteiger charge is -2.19. The van der Waals surface area contributed by atoms with Gasteiger partial charge in [0.2, 0.25) is 0 Å². The highest BCUT2D eigenvalue weighted by Gasteiger charge is 2.28. The summed E-state index contributed by atoms with van der Waals surface area (Å²) in [5.41, 5.74) is 4.57. The van der Waals surface area contributed by atoms with Crippen LogP contribution in [0.2, 0.25) is 0 Å². The summed E-state index contributed by atoms with van der Waals surface area (Å²) in [6.07, 6.45) is -0.255. The van der Waals surface area contributed by atoms with E-state index in [0.29, 0.717) is 19.4 Å². The minimum Gasteiger partial charge on any atom is -0.461 e. The molecule has 3 rings (SSSR count). The Kier molecular flexibility index (Phi) is 7.40. The average Bonchev–Trinajstić information content (AvgIpc) is 2.97. The zero-order valence-electron chi connectivity index (χ0n) is 15.5. The van der Waals surface area contributed by atoms with Gasteiger partial charge in [-0.2, -0.15) is 5.48 Å². The number of esters is 1. The SMILES string of the molecule is O=C(NC1CC(C(=O)OCc2ccccc2)CCON1)OCc1ccccc1. The number of hydrogen-bond acceptors (Lipinski definition) is 6. The molecule has 7 nitrogen and oxygen atoms in total. The van der Waals surface area contributed by atoms with Crippen molar-refractivity contribution in [3.8, 4) is 0 Å². The molecule has 0 spiro atoms. The molecule has 1 fully saturated rings. The molecule has 148 valence electrons. The van der Waals surface area contributed by atoms with E-state index < -0.39 is 12.3 Å². The summed E-state index contributed by atoms with van der Waals surface area (Å²) < 4.78 is 10.6. The summed E-state index contributed by atoms with van der Waals surface area (Å²) >= 11 is 0. The molecule has 0 aromatic heterocycles. The molecule has 1 saturated heterocycles. The molecule has 7 heteroatoms. The Balaban J connectivity index is 1.46. The van der Waals surface area contributed by atoms with Gasteiger partial charge in [-0.25, -0.2) is 4.79 Å². The number of benzene rings is 2. The zero-order valence-corrected chi connectivity index (χ0v) is 15.5. The maximum atomic E-state index is 12.4. The number of amides is 1. The topological polar surface area (TPSA) is 85.9 Å². The van der Waals surface area contributed by atoms with E-state index in [1.165, 1.54) is 0 Å². The van der Waals surface area contributed by atoms with Crippen molar-refractivity contribution in [1.82, 2.24) is 10.8 Å². The van der Waals surface area contributed by atoms with E-state index in [2.05, 4.69) is 10.8 Å². The Bertz CT molecular complexity index is 754. The lowest BCUT2D eigenvalue weighted by Crippen LogP contribution is -2.45. The number of carbonyl (C=O) groups is 2. The first-order valence-electron chi connectivity index (χ1n) is 9.26. The van der Waals surface area contributed by atoms with Crippen molar-refractivity contribution in [1.29, 1.82) is 0 Å². The highest BCUT2D eigenvalue weighted by atomic mass is 16.6. The highest BCUT2D eigenvalue weighted by Crippen LogP contribution is 2.17. The molecule has 2 atom stereocenters. The van der Waals surface area contributed by atoms with Crippen molar-refractivity contribution in [2.24, 2.45) is 5.92 Å². The number of nitrogens with one attached hydrogen (secondary N) is 2. The van der Waals surface area contributed by atoms with Gasteiger partial charge in [0.25, 0.3) is 0 Å². The summed E-state index contributed by atoms with van der Waals surface area (Å²) in [6, 6.07) is 18.9. The summed E-state index contributed by atoms with van der Waals surface area (Å²) in [6.45, 7) is 0.743. The second kappa shape index (κ2) is 10.4. The number of rotatable bonds is 6. The molecule has 1 aliphatic heterocycles. The molecule has 0 radical (unpaired) electrons. The fourth-order valence-electron chi connectivity index (χ4n) is 2.87. The van der Waals surface area contributed by atoms with Crippen LogP contribution in [0.1, 0.15) is 24.0 Å². The van der Waals surface area contributed by atoms with Gasteiger partial charge in [0.05, 0.1) is 12.5 Å². The van der Waals surface area contributed by atoms with E-state index >= 15 is 0 Å². The highest BCUT2D eigenvalue weighted by molar-refractivity contribution is 5.73. The normalized spacial score (nSPS) is 19.3. The second-order valence-corrected chi connectivity index (χ2v) is 6.54. The van der Waals surface area contributed by atoms with E-state index in [4.69, 9.17) is 14.3 Å². The van der Waals surface area contributed by atoms with Crippen molar-refractivity contribution >= 4 is 12.1 Å². The van der Waals surface area contributed by atoms with Crippen molar-refractivity contribution in [2.45, 2.75) is 32.2 Å². The summed E-state index contributed by atoms with van der Waals surface area (Å²) in [4.78, 5) is 29.7. The van der Waals surface area contributed by atoms with Crippen LogP contribution in [0.25, 0.3) is 0 Å². The predicted octanol–water partition coefficient (Wildman–Crippen LogP) is 2.91. The fraction of sp³-hybridized carbons (Fsp3) is 0.333. The molecule has 0 aliphatic carbocycles. The number of hydrogen-bond donors (Lipinski definition) is 2. The van der Waals surface area contributed by atoms with Crippen LogP contribution in [0.5, 0.6) is 0 Å². The minimum absolute atomic E-state index is 0.169. The first-order valence-corrected chi connectivity index (χ1v) is 9.26. The smallest absolute Gasteiger partial charge is 0.408 e. The number of hydroxylamine groups is 1. The molecular weight excluding hydrogens is 360 g/mol. The standard InChI is InChI=1S/C21H24N2O5/c24-20(26-14-16-7-3-1-4-8-16)18-11-12-28-23-19(13-18)22-21(25)27-15-17-9-5-2-6-10-17/h1-10,18-19,23H,11-15H2,(H,22,25). The van der Waals surface area contributed by atoms with Crippen molar-refractivity contribution in [3.63, 3.8) is 0 Å². The van der Waals surface area contributed by atoms with Gasteiger partial charge in [0.1, 0.15) is 19.4 Å². The van der Waals surface area contributed by atoms with E-state index in [1.807, 2.05) is 60.7 Å². The van der Waals surface area contributed by atoms with Crippen LogP contribution >= 0.6 is 0 Å². The van der Waals surface area contributed by atoms with Crippen LogP contribution in [0.3, 0.4) is 0 Å². The molecule has 2 unspecified atom stereocenters. The molecule has 0 bridgehead atoms. The Hall–Kier alpha value is -2.90. The zero-order chi connectivity index (χ0) is 19.6. The van der Waals surface area contributed by atoms with E-state index in [9.17, 15) is 9.59 Å². The van der Waals surface area contributed by atoms with Gasteiger partial charge in [-0.15, -0.1) is 0 Å². The van der Waals surface area contributed by atoms with Gasteiger partial charge in [0.15, 0.2) is 0 Å². The predicted molar refractivity (Wildman–Crippen MR) is 102 cm³/mol. The van der Waals surface area contributed by atoms with Gasteiger partial charge >= 0.3 is 12.1 Å². The number of alkyl carbamates (subject to hydrolysis) is 1. The molecule has 2 aromatic carbocycles. The summed E-state index contributed by atoms with van der Waals surface area (Å²) in [7, 11) is 0. The van der Waals surface area contributed by atoms with Gasteiger partial charge in [-0.05, 0) is 24.0 Å². The maximum absolute atomic E-state index is 12.4. The lowest BCUT2D eigenvalue weighted by atomic mass is 10.0. The molecule has 0 saturated carbocycles. The molecule has 1 amide bonds. The first kappa shape index (κ1) is 19.9. The molecule has 1 aliphatic rings. The van der Waals surface area contributed by atoms with Crippen LogP contribution in [-0.4, -0.2) is 24.8 Å². The molecule has 1 heterocycles. The molecular formula is C21H24N2O5. The summed E-state index contributed by atoms with van der Waals surface area (Å²) in [5, 5.41) is 2.68. The Morgan fingerprint density at radius 3 is 2.21 bits per heavy atom. The molecule has 2 aromatic rings. The quantitative estimate of drug-likeness (QED) is 0.745. The summed E-state index contributed by atoms with van der Waals surface area (Å²) in [5.74, 6) is -0.682. The third-order valence-electron chi connectivity index (χ3n) is 4.38. The molecule has 2 N–H and O–H groups in total. The van der Waals surface area contributed by atoms with Crippen LogP contribution in [0, 0.1) is 5.92 Å².